The van der Waals surface area contributed by atoms with E-state index in [9.17, 15) is 4.39 Å². The minimum atomic E-state index is -0.298. The van der Waals surface area contributed by atoms with Crippen LogP contribution in [0, 0.1) is 5.82 Å². The van der Waals surface area contributed by atoms with Crippen molar-refractivity contribution in [1.82, 2.24) is 9.80 Å². The number of nitrogens with one attached hydrogen (secondary N) is 1. The van der Waals surface area contributed by atoms with Gasteiger partial charge in [0.15, 0.2) is 5.11 Å². The molecule has 0 aliphatic heterocycles. The molecule has 0 spiro atoms. The van der Waals surface area contributed by atoms with Gasteiger partial charge in [-0.15, -0.1) is 11.3 Å². The fourth-order valence-corrected chi connectivity index (χ4v) is 2.91. The molecule has 0 aliphatic rings. The van der Waals surface area contributed by atoms with Gasteiger partial charge in [-0.25, -0.2) is 4.39 Å². The molecule has 1 N–H and O–H groups in total. The summed E-state index contributed by atoms with van der Waals surface area (Å²) in [6.45, 7) is 2.39. The predicted octanol–water partition coefficient (Wildman–Crippen LogP) is 3.65. The number of halogens is 1. The molecule has 118 valence electrons. The molecule has 0 aliphatic carbocycles. The lowest BCUT2D eigenvalue weighted by Gasteiger charge is -2.27. The first-order valence-electron chi connectivity index (χ1n) is 7.04. The Hall–Kier alpha value is -1.50. The lowest BCUT2D eigenvalue weighted by molar-refractivity contribution is 0.329. The first-order valence-corrected chi connectivity index (χ1v) is 8.32. The van der Waals surface area contributed by atoms with Crippen LogP contribution in [0.3, 0.4) is 0 Å². The number of para-hydroxylation sites is 1. The molecule has 0 fully saturated rings. The molecule has 0 atom stereocenters. The van der Waals surface area contributed by atoms with Crippen molar-refractivity contribution in [3.63, 3.8) is 0 Å². The number of benzene rings is 1. The summed E-state index contributed by atoms with van der Waals surface area (Å²) in [5, 5.41) is 5.61. The second-order valence-electron chi connectivity index (χ2n) is 5.21. The summed E-state index contributed by atoms with van der Waals surface area (Å²) in [5.74, 6) is -0.298. The maximum absolute atomic E-state index is 13.8. The van der Waals surface area contributed by atoms with E-state index in [-0.39, 0.29) is 5.82 Å². The molecule has 0 unspecified atom stereocenters. The van der Waals surface area contributed by atoms with Gasteiger partial charge in [0.25, 0.3) is 0 Å². The molecule has 1 heterocycles. The van der Waals surface area contributed by atoms with E-state index in [1.807, 2.05) is 25.5 Å². The quantitative estimate of drug-likeness (QED) is 0.811. The van der Waals surface area contributed by atoms with E-state index in [0.717, 1.165) is 19.6 Å². The Balaban J connectivity index is 2.06. The van der Waals surface area contributed by atoms with E-state index >= 15 is 0 Å². The number of thiocarbonyl (C=S) groups is 1. The Morgan fingerprint density at radius 3 is 2.59 bits per heavy atom. The predicted molar refractivity (Wildman–Crippen MR) is 95.9 cm³/mol. The number of hydrogen-bond donors (Lipinski definition) is 1. The second kappa shape index (κ2) is 8.22. The number of thiophene rings is 1. The first-order chi connectivity index (χ1) is 10.6. The molecule has 3 nitrogen and oxygen atoms in total. The molecule has 0 saturated heterocycles. The first kappa shape index (κ1) is 16.9. The highest BCUT2D eigenvalue weighted by molar-refractivity contribution is 7.80. The fourth-order valence-electron chi connectivity index (χ4n) is 1.92. The van der Waals surface area contributed by atoms with Crippen molar-refractivity contribution < 1.29 is 4.39 Å². The van der Waals surface area contributed by atoms with Gasteiger partial charge in [0.05, 0.1) is 12.2 Å². The molecule has 6 heteroatoms. The lowest BCUT2D eigenvalue weighted by atomic mass is 10.3. The third kappa shape index (κ3) is 5.05. The van der Waals surface area contributed by atoms with Crippen LogP contribution in [0.4, 0.5) is 10.1 Å². The Kier molecular flexibility index (Phi) is 6.30. The van der Waals surface area contributed by atoms with Gasteiger partial charge in [0.1, 0.15) is 5.82 Å². The molecule has 1 aromatic carbocycles. The average molecular weight is 337 g/mol. The minimum Gasteiger partial charge on any atom is -0.343 e. The van der Waals surface area contributed by atoms with E-state index in [0.29, 0.717) is 10.8 Å². The molecule has 2 rings (SSSR count). The highest BCUT2D eigenvalue weighted by Crippen LogP contribution is 2.16. The van der Waals surface area contributed by atoms with Crippen molar-refractivity contribution in [3.05, 3.63) is 52.5 Å². The summed E-state index contributed by atoms with van der Waals surface area (Å²) < 4.78 is 13.8. The van der Waals surface area contributed by atoms with Gasteiger partial charge in [0.2, 0.25) is 0 Å². The van der Waals surface area contributed by atoms with Crippen LogP contribution in [0.5, 0.6) is 0 Å². The van der Waals surface area contributed by atoms with Crippen LogP contribution < -0.4 is 5.32 Å². The van der Waals surface area contributed by atoms with Crippen LogP contribution in [0.2, 0.25) is 0 Å². The second-order valence-corrected chi connectivity index (χ2v) is 6.63. The largest absolute Gasteiger partial charge is 0.343 e. The Morgan fingerprint density at radius 2 is 1.95 bits per heavy atom. The van der Waals surface area contributed by atoms with Crippen molar-refractivity contribution >= 4 is 34.4 Å². The van der Waals surface area contributed by atoms with E-state index in [1.54, 1.807) is 29.5 Å². The number of anilines is 1. The van der Waals surface area contributed by atoms with E-state index < -0.39 is 0 Å². The van der Waals surface area contributed by atoms with Crippen LogP contribution >= 0.6 is 23.6 Å². The highest BCUT2D eigenvalue weighted by Gasteiger charge is 2.13. The minimum absolute atomic E-state index is 0.298. The van der Waals surface area contributed by atoms with Crippen molar-refractivity contribution in [2.45, 2.75) is 6.54 Å². The molecule has 0 saturated carbocycles. The smallest absolute Gasteiger partial charge is 0.173 e. The highest BCUT2D eigenvalue weighted by atomic mass is 32.1. The normalized spacial score (nSPS) is 10.7. The molecule has 22 heavy (non-hydrogen) atoms. The number of hydrogen-bond acceptors (Lipinski definition) is 3. The Labute approximate surface area is 140 Å². The van der Waals surface area contributed by atoms with Gasteiger partial charge in [-0.2, -0.15) is 0 Å². The van der Waals surface area contributed by atoms with Gasteiger partial charge < -0.3 is 15.1 Å². The van der Waals surface area contributed by atoms with Crippen molar-refractivity contribution in [2.75, 3.05) is 32.5 Å². The van der Waals surface area contributed by atoms with E-state index in [1.165, 1.54) is 10.9 Å². The zero-order valence-electron chi connectivity index (χ0n) is 12.8. The maximum Gasteiger partial charge on any atom is 0.173 e. The third-order valence-electron chi connectivity index (χ3n) is 3.15. The van der Waals surface area contributed by atoms with Crippen LogP contribution in [0.1, 0.15) is 4.88 Å². The summed E-state index contributed by atoms with van der Waals surface area (Å²) in [5.41, 5.74) is 0.411. The summed E-state index contributed by atoms with van der Waals surface area (Å²) in [6, 6.07) is 10.7. The van der Waals surface area contributed by atoms with Crippen LogP contribution in [-0.2, 0) is 6.54 Å². The van der Waals surface area contributed by atoms with Gasteiger partial charge in [-0.1, -0.05) is 18.2 Å². The SMILES string of the molecule is CN(C)CCN(Cc1cccs1)C(=S)Nc1ccccc1F. The van der Waals surface area contributed by atoms with Crippen LogP contribution in [0.15, 0.2) is 41.8 Å². The average Bonchev–Trinajstić information content (AvgIpc) is 2.98. The molecule has 2 aromatic rings. The topological polar surface area (TPSA) is 18.5 Å². The van der Waals surface area contributed by atoms with Crippen LogP contribution in [-0.4, -0.2) is 42.1 Å². The van der Waals surface area contributed by atoms with Crippen molar-refractivity contribution in [1.29, 1.82) is 0 Å². The lowest BCUT2D eigenvalue weighted by Crippen LogP contribution is -2.38. The summed E-state index contributed by atoms with van der Waals surface area (Å²) >= 11 is 7.17. The third-order valence-corrected chi connectivity index (χ3v) is 4.37. The van der Waals surface area contributed by atoms with Gasteiger partial charge in [-0.3, -0.25) is 0 Å². The zero-order chi connectivity index (χ0) is 15.9. The van der Waals surface area contributed by atoms with Crippen molar-refractivity contribution in [3.8, 4) is 0 Å². The van der Waals surface area contributed by atoms with E-state index in [2.05, 4.69) is 21.2 Å². The monoisotopic (exact) mass is 337 g/mol. The van der Waals surface area contributed by atoms with Gasteiger partial charge >= 0.3 is 0 Å². The molecule has 0 amide bonds. The van der Waals surface area contributed by atoms with E-state index in [4.69, 9.17) is 12.2 Å². The standard InChI is InChI=1S/C16H20FN3S2/c1-19(2)9-10-20(12-13-6-5-11-22-13)16(21)18-15-8-4-3-7-14(15)17/h3-8,11H,9-10,12H2,1-2H3,(H,18,21). The molecule has 1 aromatic heterocycles. The number of rotatable bonds is 6. The number of nitrogens with zero attached hydrogens (tertiary/aromatic N) is 2. The van der Waals surface area contributed by atoms with Crippen LogP contribution in [0.25, 0.3) is 0 Å². The van der Waals surface area contributed by atoms with Gasteiger partial charge in [-0.05, 0) is 49.9 Å². The van der Waals surface area contributed by atoms with Crippen molar-refractivity contribution in [2.24, 2.45) is 0 Å². The number of likely N-dealkylation sites (N-methyl/N-ethyl adjacent to an activating group) is 1. The molecular weight excluding hydrogens is 317 g/mol. The summed E-state index contributed by atoms with van der Waals surface area (Å²) in [6.07, 6.45) is 0. The fraction of sp³-hybridized carbons (Fsp3) is 0.312. The Morgan fingerprint density at radius 1 is 1.18 bits per heavy atom. The zero-order valence-corrected chi connectivity index (χ0v) is 14.4. The maximum atomic E-state index is 13.8. The Bertz CT molecular complexity index is 599. The summed E-state index contributed by atoms with van der Waals surface area (Å²) in [7, 11) is 4.05. The molecule has 0 bridgehead atoms. The molecule has 0 radical (unpaired) electrons. The van der Waals surface area contributed by atoms with Gasteiger partial charge in [0, 0.05) is 18.0 Å². The summed E-state index contributed by atoms with van der Waals surface area (Å²) in [4.78, 5) is 5.40. The molecular formula is C16H20FN3S2.